The molecule has 0 spiro atoms. The standard InChI is InChI=1S/C20H19N5OS/c1-12-8-10-15(11-9-12)25-20(22-23-24-25)27-14(3)19(26)18-13(2)21-17-7-5-4-6-16(17)18/h4-11,14,21H,1-3H3/t14-/m0/s1. The highest BCUT2D eigenvalue weighted by Gasteiger charge is 2.24. The number of hydrogen-bond acceptors (Lipinski definition) is 5. The zero-order chi connectivity index (χ0) is 19.0. The lowest BCUT2D eigenvalue weighted by atomic mass is 10.1. The van der Waals surface area contributed by atoms with Gasteiger partial charge in [-0.15, -0.1) is 5.10 Å². The quantitative estimate of drug-likeness (QED) is 0.418. The Kier molecular flexibility index (Phi) is 4.53. The molecule has 0 amide bonds. The first-order valence-corrected chi connectivity index (χ1v) is 9.56. The van der Waals surface area contributed by atoms with Gasteiger partial charge < -0.3 is 4.98 Å². The van der Waals surface area contributed by atoms with Gasteiger partial charge in [0.15, 0.2) is 5.78 Å². The summed E-state index contributed by atoms with van der Waals surface area (Å²) in [5.41, 5.74) is 4.63. The second kappa shape index (κ2) is 7.00. The number of tetrazole rings is 1. The number of benzene rings is 2. The number of thioether (sulfide) groups is 1. The number of ketones is 1. The van der Waals surface area contributed by atoms with Crippen LogP contribution in [0.25, 0.3) is 16.6 Å². The van der Waals surface area contributed by atoms with E-state index in [0.717, 1.165) is 27.8 Å². The molecule has 2 heterocycles. The van der Waals surface area contributed by atoms with Crippen molar-refractivity contribution in [3.63, 3.8) is 0 Å². The number of nitrogens with one attached hydrogen (secondary N) is 1. The third kappa shape index (κ3) is 3.26. The molecule has 7 heteroatoms. The van der Waals surface area contributed by atoms with Gasteiger partial charge in [-0.1, -0.05) is 47.7 Å². The zero-order valence-electron chi connectivity index (χ0n) is 15.3. The molecule has 136 valence electrons. The summed E-state index contributed by atoms with van der Waals surface area (Å²) in [7, 11) is 0. The first kappa shape index (κ1) is 17.5. The van der Waals surface area contributed by atoms with E-state index < -0.39 is 0 Å². The van der Waals surface area contributed by atoms with Crippen LogP contribution >= 0.6 is 11.8 Å². The maximum atomic E-state index is 13.1. The van der Waals surface area contributed by atoms with Crippen LogP contribution in [0.15, 0.2) is 53.7 Å². The average Bonchev–Trinajstić information content (AvgIpc) is 3.25. The van der Waals surface area contributed by atoms with Crippen molar-refractivity contribution in [2.75, 3.05) is 0 Å². The van der Waals surface area contributed by atoms with Crippen molar-refractivity contribution in [3.8, 4) is 5.69 Å². The van der Waals surface area contributed by atoms with Gasteiger partial charge in [-0.25, -0.2) is 0 Å². The van der Waals surface area contributed by atoms with Gasteiger partial charge >= 0.3 is 0 Å². The number of nitrogens with zero attached hydrogens (tertiary/aromatic N) is 4. The molecular formula is C20H19N5OS. The topological polar surface area (TPSA) is 76.5 Å². The number of aryl methyl sites for hydroxylation is 2. The molecule has 0 bridgehead atoms. The van der Waals surface area contributed by atoms with E-state index >= 15 is 0 Å². The number of H-pyrrole nitrogens is 1. The summed E-state index contributed by atoms with van der Waals surface area (Å²) >= 11 is 1.36. The van der Waals surface area contributed by atoms with E-state index in [1.54, 1.807) is 4.68 Å². The van der Waals surface area contributed by atoms with Gasteiger partial charge in [0, 0.05) is 22.2 Å². The highest BCUT2D eigenvalue weighted by atomic mass is 32.2. The van der Waals surface area contributed by atoms with Crippen LogP contribution in [0.2, 0.25) is 0 Å². The number of rotatable bonds is 5. The van der Waals surface area contributed by atoms with Gasteiger partial charge in [0.05, 0.1) is 10.9 Å². The molecule has 2 aromatic heterocycles. The normalized spacial score (nSPS) is 12.4. The third-order valence-electron chi connectivity index (χ3n) is 4.51. The van der Waals surface area contributed by atoms with Crippen LogP contribution in [-0.4, -0.2) is 36.2 Å². The number of aromatic amines is 1. The number of carbonyl (C=O) groups is 1. The number of para-hydroxylation sites is 1. The molecule has 1 N–H and O–H groups in total. The molecule has 0 radical (unpaired) electrons. The Morgan fingerprint density at radius 3 is 2.63 bits per heavy atom. The minimum atomic E-state index is -0.321. The lowest BCUT2D eigenvalue weighted by Crippen LogP contribution is -2.15. The van der Waals surface area contributed by atoms with E-state index in [1.165, 1.54) is 17.3 Å². The first-order valence-electron chi connectivity index (χ1n) is 8.68. The summed E-state index contributed by atoms with van der Waals surface area (Å²) < 4.78 is 1.66. The van der Waals surface area contributed by atoms with Crippen molar-refractivity contribution in [1.29, 1.82) is 0 Å². The van der Waals surface area contributed by atoms with E-state index in [-0.39, 0.29) is 11.0 Å². The molecule has 0 aliphatic rings. The van der Waals surface area contributed by atoms with Gasteiger partial charge in [-0.05, 0) is 49.4 Å². The molecule has 1 atom stereocenters. The lowest BCUT2D eigenvalue weighted by Gasteiger charge is -2.10. The Hall–Kier alpha value is -2.93. The van der Waals surface area contributed by atoms with Crippen LogP contribution in [0.3, 0.4) is 0 Å². The van der Waals surface area contributed by atoms with Crippen molar-refractivity contribution in [2.24, 2.45) is 0 Å². The molecule has 0 saturated heterocycles. The molecule has 0 aliphatic heterocycles. The number of Topliss-reactive ketones (excluding diaryl/α,β-unsaturated/α-hetero) is 1. The molecule has 6 nitrogen and oxygen atoms in total. The number of hydrogen-bond donors (Lipinski definition) is 1. The summed E-state index contributed by atoms with van der Waals surface area (Å²) in [6.45, 7) is 5.85. The maximum Gasteiger partial charge on any atom is 0.214 e. The minimum Gasteiger partial charge on any atom is -0.358 e. The second-order valence-corrected chi connectivity index (χ2v) is 7.81. The van der Waals surface area contributed by atoms with E-state index in [2.05, 4.69) is 20.5 Å². The number of fused-ring (bicyclic) bond motifs is 1. The summed E-state index contributed by atoms with van der Waals surface area (Å²) in [5.74, 6) is 0.0633. The summed E-state index contributed by atoms with van der Waals surface area (Å²) in [6.07, 6.45) is 0. The van der Waals surface area contributed by atoms with Crippen LogP contribution in [0.4, 0.5) is 0 Å². The molecule has 2 aromatic carbocycles. The largest absolute Gasteiger partial charge is 0.358 e. The van der Waals surface area contributed by atoms with Gasteiger partial charge in [0.1, 0.15) is 0 Å². The predicted molar refractivity (Wildman–Crippen MR) is 107 cm³/mol. The van der Waals surface area contributed by atoms with Crippen molar-refractivity contribution < 1.29 is 4.79 Å². The molecule has 0 unspecified atom stereocenters. The smallest absolute Gasteiger partial charge is 0.214 e. The number of carbonyl (C=O) groups excluding carboxylic acids is 1. The van der Waals surface area contributed by atoms with Crippen LogP contribution in [0.1, 0.15) is 28.5 Å². The second-order valence-electron chi connectivity index (χ2n) is 6.50. The molecule has 0 aliphatic carbocycles. The van der Waals surface area contributed by atoms with Crippen LogP contribution in [-0.2, 0) is 0 Å². The summed E-state index contributed by atoms with van der Waals surface area (Å²) in [5, 5.41) is 13.2. The van der Waals surface area contributed by atoms with Crippen molar-refractivity contribution >= 4 is 28.4 Å². The maximum absolute atomic E-state index is 13.1. The predicted octanol–water partition coefficient (Wildman–Crippen LogP) is 4.12. The summed E-state index contributed by atoms with van der Waals surface area (Å²) in [4.78, 5) is 16.4. The monoisotopic (exact) mass is 377 g/mol. The molecular weight excluding hydrogens is 358 g/mol. The fourth-order valence-corrected chi connectivity index (χ4v) is 3.98. The van der Waals surface area contributed by atoms with E-state index in [4.69, 9.17) is 0 Å². The Morgan fingerprint density at radius 2 is 1.85 bits per heavy atom. The van der Waals surface area contributed by atoms with Gasteiger partial charge in [-0.2, -0.15) is 4.68 Å². The first-order chi connectivity index (χ1) is 13.0. The molecule has 27 heavy (non-hydrogen) atoms. The Bertz CT molecular complexity index is 1110. The third-order valence-corrected chi connectivity index (χ3v) is 5.54. The minimum absolute atomic E-state index is 0.0633. The van der Waals surface area contributed by atoms with Crippen molar-refractivity contribution in [1.82, 2.24) is 25.2 Å². The van der Waals surface area contributed by atoms with Crippen LogP contribution in [0, 0.1) is 13.8 Å². The SMILES string of the molecule is Cc1ccc(-n2nnnc2S[C@@H](C)C(=O)c2c(C)[nH]c3ccccc23)cc1. The molecule has 4 aromatic rings. The van der Waals surface area contributed by atoms with Crippen LogP contribution in [0.5, 0.6) is 0 Å². The number of aromatic nitrogens is 5. The summed E-state index contributed by atoms with van der Waals surface area (Å²) in [6, 6.07) is 15.8. The molecule has 0 fully saturated rings. The van der Waals surface area contributed by atoms with Crippen molar-refractivity contribution in [2.45, 2.75) is 31.2 Å². The Balaban J connectivity index is 1.62. The van der Waals surface area contributed by atoms with Crippen molar-refractivity contribution in [3.05, 3.63) is 65.4 Å². The lowest BCUT2D eigenvalue weighted by molar-refractivity contribution is 0.0995. The van der Waals surface area contributed by atoms with E-state index in [0.29, 0.717) is 5.16 Å². The van der Waals surface area contributed by atoms with E-state index in [9.17, 15) is 4.79 Å². The van der Waals surface area contributed by atoms with Crippen LogP contribution < -0.4 is 0 Å². The Labute approximate surface area is 161 Å². The fraction of sp³-hybridized carbons (Fsp3) is 0.200. The van der Waals surface area contributed by atoms with Gasteiger partial charge in [-0.3, -0.25) is 4.79 Å². The van der Waals surface area contributed by atoms with Gasteiger partial charge in [0.2, 0.25) is 5.16 Å². The fourth-order valence-electron chi connectivity index (χ4n) is 3.11. The Morgan fingerprint density at radius 1 is 1.11 bits per heavy atom. The van der Waals surface area contributed by atoms with E-state index in [1.807, 2.05) is 69.3 Å². The average molecular weight is 377 g/mol. The highest BCUT2D eigenvalue weighted by Crippen LogP contribution is 2.29. The zero-order valence-corrected chi connectivity index (χ0v) is 16.1. The van der Waals surface area contributed by atoms with Gasteiger partial charge in [0.25, 0.3) is 0 Å². The highest BCUT2D eigenvalue weighted by molar-refractivity contribution is 8.00. The molecule has 0 saturated carbocycles. The molecule has 4 rings (SSSR count).